The molecule has 4 aliphatic rings. The van der Waals surface area contributed by atoms with Crippen LogP contribution in [0.15, 0.2) is 49.1 Å². The zero-order chi connectivity index (χ0) is 38.9. The number of nitrogens with zero attached hydrogens (tertiary/aromatic N) is 8. The van der Waals surface area contributed by atoms with Crippen LogP contribution in [0.25, 0.3) is 11.2 Å². The molecular formula is C38H42N12O6. The molecule has 0 bridgehead atoms. The number of pyridine rings is 1. The number of imidazole rings is 1. The highest BCUT2D eigenvalue weighted by Gasteiger charge is 2.44. The SMILES string of the molecule is Cc1cccc(C(=O)NC2CC(n3cnc4c(NCCCN5CCN(C(=O)CNc6ccc7c(c6)C(=O)N([C@@H]6CCC(=O)NC6=O)C7=O)CC5)ncnc43)C2)n1. The molecule has 2 saturated heterocycles. The molecule has 0 unspecified atom stereocenters. The number of amides is 6. The quantitative estimate of drug-likeness (QED) is 0.118. The van der Waals surface area contributed by atoms with E-state index in [-0.39, 0.29) is 54.4 Å². The summed E-state index contributed by atoms with van der Waals surface area (Å²) in [5, 5.41) is 11.7. The maximum atomic E-state index is 13.1. The minimum absolute atomic E-state index is 0.0223. The average Bonchev–Trinajstić information content (AvgIpc) is 3.71. The van der Waals surface area contributed by atoms with Crippen molar-refractivity contribution in [2.75, 3.05) is 56.4 Å². The van der Waals surface area contributed by atoms with E-state index in [2.05, 4.69) is 50.7 Å². The Hall–Kier alpha value is -6.30. The number of benzene rings is 1. The minimum Gasteiger partial charge on any atom is -0.376 e. The predicted molar refractivity (Wildman–Crippen MR) is 202 cm³/mol. The van der Waals surface area contributed by atoms with E-state index in [0.717, 1.165) is 55.1 Å². The molecule has 8 rings (SSSR count). The number of piperidine rings is 1. The topological polar surface area (TPSA) is 217 Å². The molecule has 290 valence electrons. The average molecular weight is 763 g/mol. The van der Waals surface area contributed by atoms with Gasteiger partial charge in [-0.15, -0.1) is 0 Å². The lowest BCUT2D eigenvalue weighted by Gasteiger charge is -2.36. The van der Waals surface area contributed by atoms with Crippen LogP contribution in [0.1, 0.15) is 75.0 Å². The normalized spacial score (nSPS) is 21.1. The molecule has 18 nitrogen and oxygen atoms in total. The summed E-state index contributed by atoms with van der Waals surface area (Å²) in [5.74, 6) is -1.82. The van der Waals surface area contributed by atoms with Gasteiger partial charge in [0.25, 0.3) is 17.7 Å². The summed E-state index contributed by atoms with van der Waals surface area (Å²) in [6.07, 6.45) is 5.88. The highest BCUT2D eigenvalue weighted by molar-refractivity contribution is 6.23. The van der Waals surface area contributed by atoms with Crippen LogP contribution in [-0.4, -0.2) is 133 Å². The van der Waals surface area contributed by atoms with E-state index in [1.54, 1.807) is 18.5 Å². The summed E-state index contributed by atoms with van der Waals surface area (Å²) < 4.78 is 2.06. The molecule has 3 fully saturated rings. The van der Waals surface area contributed by atoms with Crippen molar-refractivity contribution in [3.05, 3.63) is 71.6 Å². The largest absolute Gasteiger partial charge is 0.376 e. The van der Waals surface area contributed by atoms with Crippen molar-refractivity contribution in [1.82, 2.24) is 49.8 Å². The molecule has 0 radical (unpaired) electrons. The first-order valence-electron chi connectivity index (χ1n) is 18.9. The van der Waals surface area contributed by atoms with Crippen LogP contribution in [0.2, 0.25) is 0 Å². The van der Waals surface area contributed by atoms with Gasteiger partial charge in [0.15, 0.2) is 11.5 Å². The number of anilines is 2. The molecule has 3 aromatic heterocycles. The first-order chi connectivity index (χ1) is 27.1. The van der Waals surface area contributed by atoms with Gasteiger partial charge in [-0.05, 0) is 69.5 Å². The van der Waals surface area contributed by atoms with Gasteiger partial charge in [0.2, 0.25) is 17.7 Å². The number of fused-ring (bicyclic) bond motifs is 2. The molecule has 4 N–H and O–H groups in total. The number of hydrogen-bond donors (Lipinski definition) is 4. The van der Waals surface area contributed by atoms with E-state index >= 15 is 0 Å². The van der Waals surface area contributed by atoms with Gasteiger partial charge in [-0.2, -0.15) is 0 Å². The highest BCUT2D eigenvalue weighted by atomic mass is 16.2. The van der Waals surface area contributed by atoms with Crippen molar-refractivity contribution in [2.24, 2.45) is 0 Å². The van der Waals surface area contributed by atoms with Gasteiger partial charge in [0.1, 0.15) is 23.6 Å². The molecule has 6 amide bonds. The second-order valence-electron chi connectivity index (χ2n) is 14.6. The lowest BCUT2D eigenvalue weighted by molar-refractivity contribution is -0.136. The number of imide groups is 2. The maximum absolute atomic E-state index is 13.1. The maximum Gasteiger partial charge on any atom is 0.270 e. The summed E-state index contributed by atoms with van der Waals surface area (Å²) in [4.78, 5) is 98.6. The molecule has 4 aromatic rings. The van der Waals surface area contributed by atoms with Crippen LogP contribution in [-0.2, 0) is 14.4 Å². The summed E-state index contributed by atoms with van der Waals surface area (Å²) in [6, 6.07) is 9.29. The van der Waals surface area contributed by atoms with Gasteiger partial charge in [-0.25, -0.2) is 19.9 Å². The molecule has 1 saturated carbocycles. The Bertz CT molecular complexity index is 2230. The number of hydrogen-bond acceptors (Lipinski definition) is 13. The van der Waals surface area contributed by atoms with Crippen LogP contribution >= 0.6 is 0 Å². The summed E-state index contributed by atoms with van der Waals surface area (Å²) in [7, 11) is 0. The number of carbonyl (C=O) groups excluding carboxylic acids is 6. The number of rotatable bonds is 12. The van der Waals surface area contributed by atoms with Gasteiger partial charge >= 0.3 is 0 Å². The number of piperazine rings is 1. The van der Waals surface area contributed by atoms with Crippen molar-refractivity contribution < 1.29 is 28.8 Å². The second kappa shape index (κ2) is 15.4. The molecule has 1 atom stereocenters. The summed E-state index contributed by atoms with van der Waals surface area (Å²) in [5.41, 5.74) is 3.53. The van der Waals surface area contributed by atoms with Gasteiger partial charge in [-0.3, -0.25) is 43.9 Å². The first kappa shape index (κ1) is 36.7. The molecule has 1 aromatic carbocycles. The molecule has 1 aliphatic carbocycles. The first-order valence-corrected chi connectivity index (χ1v) is 18.9. The zero-order valence-electron chi connectivity index (χ0n) is 30.9. The highest BCUT2D eigenvalue weighted by Crippen LogP contribution is 2.35. The van der Waals surface area contributed by atoms with E-state index in [4.69, 9.17) is 0 Å². The van der Waals surface area contributed by atoms with E-state index in [9.17, 15) is 28.8 Å². The standard InChI is InChI=1S/C38H42N12O6/c1-22-4-2-5-28(44-22)35(53)45-24-16-25(17-24)49-21-43-32-33(41-20-42-34(32)49)39-10-3-11-47-12-14-48(15-13-47)31(52)19-40-23-6-7-26-27(18-23)38(56)50(37(26)55)29-8-9-30(51)46-36(29)54/h2,4-7,18,20-21,24-25,29,40H,3,8-17,19H2,1H3,(H,45,53)(H,39,41,42)(H,46,51,54)/t24?,25?,29-/m1/s1. The predicted octanol–water partition coefficient (Wildman–Crippen LogP) is 1.12. The summed E-state index contributed by atoms with van der Waals surface area (Å²) in [6.45, 7) is 6.08. The Balaban J connectivity index is 0.752. The van der Waals surface area contributed by atoms with E-state index in [1.165, 1.54) is 18.5 Å². The zero-order valence-corrected chi connectivity index (χ0v) is 30.9. The van der Waals surface area contributed by atoms with E-state index < -0.39 is 29.7 Å². The lowest BCUT2D eigenvalue weighted by Crippen LogP contribution is -2.54. The Morgan fingerprint density at radius 1 is 0.929 bits per heavy atom. The van der Waals surface area contributed by atoms with E-state index in [1.807, 2.05) is 24.0 Å². The second-order valence-corrected chi connectivity index (χ2v) is 14.6. The Morgan fingerprint density at radius 2 is 1.73 bits per heavy atom. The van der Waals surface area contributed by atoms with Crippen LogP contribution in [0.5, 0.6) is 0 Å². The third-order valence-corrected chi connectivity index (χ3v) is 10.9. The Labute approximate surface area is 321 Å². The third kappa shape index (κ3) is 7.38. The lowest BCUT2D eigenvalue weighted by atomic mass is 9.86. The third-order valence-electron chi connectivity index (χ3n) is 10.9. The van der Waals surface area contributed by atoms with Crippen molar-refractivity contribution in [2.45, 2.75) is 57.2 Å². The fourth-order valence-electron chi connectivity index (χ4n) is 7.71. The monoisotopic (exact) mass is 762 g/mol. The fourth-order valence-corrected chi connectivity index (χ4v) is 7.71. The number of aromatic nitrogens is 5. The molecule has 18 heteroatoms. The number of carbonyl (C=O) groups is 6. The summed E-state index contributed by atoms with van der Waals surface area (Å²) >= 11 is 0. The smallest absolute Gasteiger partial charge is 0.270 e. The van der Waals surface area contributed by atoms with Crippen LogP contribution in [0, 0.1) is 6.92 Å². The van der Waals surface area contributed by atoms with Crippen molar-refractivity contribution in [3.8, 4) is 0 Å². The van der Waals surface area contributed by atoms with Gasteiger partial charge < -0.3 is 25.4 Å². The van der Waals surface area contributed by atoms with Crippen molar-refractivity contribution in [1.29, 1.82) is 0 Å². The minimum atomic E-state index is -1.03. The Morgan fingerprint density at radius 3 is 2.52 bits per heavy atom. The van der Waals surface area contributed by atoms with E-state index in [0.29, 0.717) is 42.4 Å². The Kier molecular flexibility index (Phi) is 10.1. The van der Waals surface area contributed by atoms with Crippen LogP contribution in [0.3, 0.4) is 0 Å². The molecule has 56 heavy (non-hydrogen) atoms. The number of nitrogens with one attached hydrogen (secondary N) is 4. The van der Waals surface area contributed by atoms with Crippen LogP contribution < -0.4 is 21.3 Å². The molecular weight excluding hydrogens is 720 g/mol. The molecule has 0 spiro atoms. The van der Waals surface area contributed by atoms with Gasteiger partial charge in [-0.1, -0.05) is 6.07 Å². The fraction of sp³-hybridized carbons (Fsp3) is 0.421. The van der Waals surface area contributed by atoms with Crippen molar-refractivity contribution in [3.63, 3.8) is 0 Å². The molecule has 3 aliphatic heterocycles. The van der Waals surface area contributed by atoms with Crippen LogP contribution in [0.4, 0.5) is 11.5 Å². The van der Waals surface area contributed by atoms with Gasteiger partial charge in [0, 0.05) is 62.6 Å². The number of aryl methyl sites for hydroxylation is 1. The van der Waals surface area contributed by atoms with Crippen molar-refractivity contribution >= 4 is 58.1 Å². The van der Waals surface area contributed by atoms with Gasteiger partial charge in [0.05, 0.1) is 24.0 Å². The molecule has 6 heterocycles.